The van der Waals surface area contributed by atoms with E-state index < -0.39 is 0 Å². The molecule has 0 radical (unpaired) electrons. The number of nitrogens with zero attached hydrogens (tertiary/aromatic N) is 3. The first kappa shape index (κ1) is 15.5. The van der Waals surface area contributed by atoms with Crippen molar-refractivity contribution in [3.05, 3.63) is 47.5 Å². The third-order valence-electron chi connectivity index (χ3n) is 4.45. The van der Waals surface area contributed by atoms with E-state index in [0.29, 0.717) is 19.0 Å². The van der Waals surface area contributed by atoms with Crippen molar-refractivity contribution >= 4 is 6.03 Å². The lowest BCUT2D eigenvalue weighted by molar-refractivity contribution is 0.239. The van der Waals surface area contributed by atoms with E-state index in [9.17, 15) is 4.79 Å². The molecule has 122 valence electrons. The molecule has 1 aliphatic carbocycles. The molecule has 0 saturated carbocycles. The molecule has 0 unspecified atom stereocenters. The lowest BCUT2D eigenvalue weighted by atomic mass is 9.83. The highest BCUT2D eigenvalue weighted by Gasteiger charge is 2.20. The summed E-state index contributed by atoms with van der Waals surface area (Å²) < 4.78 is 1.91. The fourth-order valence-corrected chi connectivity index (χ4v) is 3.18. The highest BCUT2D eigenvalue weighted by molar-refractivity contribution is 5.73. The topological polar surface area (TPSA) is 71.8 Å². The zero-order valence-electron chi connectivity index (χ0n) is 13.5. The van der Waals surface area contributed by atoms with Gasteiger partial charge in [-0.05, 0) is 37.3 Å². The number of amides is 2. The molecule has 0 aliphatic heterocycles. The maximum atomic E-state index is 12.0. The van der Waals surface area contributed by atoms with Gasteiger partial charge in [0.05, 0.1) is 6.54 Å². The number of hydrogen-bond donors (Lipinski definition) is 2. The summed E-state index contributed by atoms with van der Waals surface area (Å²) in [7, 11) is 0. The number of urea groups is 1. The van der Waals surface area contributed by atoms with Crippen molar-refractivity contribution < 1.29 is 4.79 Å². The quantitative estimate of drug-likeness (QED) is 0.889. The van der Waals surface area contributed by atoms with Crippen LogP contribution in [0.5, 0.6) is 0 Å². The molecule has 6 heteroatoms. The second-order valence-corrected chi connectivity index (χ2v) is 5.88. The minimum atomic E-state index is -0.154. The third kappa shape index (κ3) is 3.70. The molecular formula is C17H23N5O. The summed E-state index contributed by atoms with van der Waals surface area (Å²) in [5.74, 6) is 1.18. The average molecular weight is 313 g/mol. The van der Waals surface area contributed by atoms with Crippen LogP contribution in [0.25, 0.3) is 0 Å². The van der Waals surface area contributed by atoms with E-state index in [1.165, 1.54) is 17.5 Å². The van der Waals surface area contributed by atoms with Crippen LogP contribution in [0.15, 0.2) is 30.6 Å². The van der Waals surface area contributed by atoms with Crippen LogP contribution in [0.4, 0.5) is 4.79 Å². The number of nitrogens with one attached hydrogen (secondary N) is 2. The van der Waals surface area contributed by atoms with E-state index in [1.54, 1.807) is 6.33 Å². The molecule has 1 heterocycles. The largest absolute Gasteiger partial charge is 0.338 e. The summed E-state index contributed by atoms with van der Waals surface area (Å²) >= 11 is 0. The summed E-state index contributed by atoms with van der Waals surface area (Å²) in [5.41, 5.74) is 2.80. The summed E-state index contributed by atoms with van der Waals surface area (Å²) in [6.45, 7) is 3.88. The molecule has 2 amide bonds. The van der Waals surface area contributed by atoms with Crippen LogP contribution in [-0.4, -0.2) is 27.3 Å². The zero-order chi connectivity index (χ0) is 16.1. The lowest BCUT2D eigenvalue weighted by Crippen LogP contribution is -2.38. The summed E-state index contributed by atoms with van der Waals surface area (Å²) in [6.07, 6.45) is 5.13. The molecule has 2 aromatic rings. The van der Waals surface area contributed by atoms with Gasteiger partial charge in [-0.25, -0.2) is 4.79 Å². The van der Waals surface area contributed by atoms with E-state index in [4.69, 9.17) is 0 Å². The van der Waals surface area contributed by atoms with Gasteiger partial charge in [-0.2, -0.15) is 0 Å². The van der Waals surface area contributed by atoms with E-state index in [-0.39, 0.29) is 6.03 Å². The van der Waals surface area contributed by atoms with Crippen LogP contribution < -0.4 is 10.6 Å². The van der Waals surface area contributed by atoms with E-state index >= 15 is 0 Å². The number of rotatable bonds is 5. The number of benzene rings is 1. The van der Waals surface area contributed by atoms with Gasteiger partial charge in [0.1, 0.15) is 6.33 Å². The molecule has 3 rings (SSSR count). The van der Waals surface area contributed by atoms with Gasteiger partial charge in [-0.15, -0.1) is 10.2 Å². The van der Waals surface area contributed by atoms with Crippen LogP contribution in [0.3, 0.4) is 0 Å². The Morgan fingerprint density at radius 2 is 2.22 bits per heavy atom. The Hall–Kier alpha value is -2.37. The first-order chi connectivity index (χ1) is 11.3. The molecule has 1 aromatic heterocycles. The van der Waals surface area contributed by atoms with Crippen LogP contribution >= 0.6 is 0 Å². The van der Waals surface area contributed by atoms with Crippen molar-refractivity contribution in [3.8, 4) is 0 Å². The molecular weight excluding hydrogens is 290 g/mol. The van der Waals surface area contributed by atoms with Crippen molar-refractivity contribution in [1.29, 1.82) is 0 Å². The summed E-state index contributed by atoms with van der Waals surface area (Å²) in [4.78, 5) is 12.0. The van der Waals surface area contributed by atoms with E-state index in [1.807, 2.05) is 11.5 Å². The third-order valence-corrected chi connectivity index (χ3v) is 4.45. The fourth-order valence-electron chi connectivity index (χ4n) is 3.18. The highest BCUT2D eigenvalue weighted by atomic mass is 16.2. The van der Waals surface area contributed by atoms with Gasteiger partial charge in [0, 0.05) is 19.0 Å². The van der Waals surface area contributed by atoms with Crippen molar-refractivity contribution in [1.82, 2.24) is 25.4 Å². The minimum absolute atomic E-state index is 0.154. The number of aryl methyl sites for hydroxylation is 2. The number of carbonyl (C=O) groups is 1. The predicted octanol–water partition coefficient (Wildman–Crippen LogP) is 2.22. The van der Waals surface area contributed by atoms with Gasteiger partial charge in [0.15, 0.2) is 5.82 Å². The van der Waals surface area contributed by atoms with Gasteiger partial charge >= 0.3 is 6.03 Å². The first-order valence-corrected chi connectivity index (χ1v) is 8.24. The van der Waals surface area contributed by atoms with Crippen LogP contribution in [0.2, 0.25) is 0 Å². The Morgan fingerprint density at radius 1 is 1.35 bits per heavy atom. The molecule has 1 aromatic carbocycles. The average Bonchev–Trinajstić information content (AvgIpc) is 3.05. The summed E-state index contributed by atoms with van der Waals surface area (Å²) in [6, 6.07) is 8.39. The Kier molecular flexibility index (Phi) is 4.90. The molecule has 1 atom stereocenters. The van der Waals surface area contributed by atoms with Gasteiger partial charge in [-0.3, -0.25) is 0 Å². The first-order valence-electron chi connectivity index (χ1n) is 8.24. The van der Waals surface area contributed by atoms with Gasteiger partial charge in [-0.1, -0.05) is 24.3 Å². The Bertz CT molecular complexity index is 667. The van der Waals surface area contributed by atoms with Crippen LogP contribution in [-0.2, 0) is 19.5 Å². The van der Waals surface area contributed by atoms with Crippen molar-refractivity contribution in [2.45, 2.75) is 45.2 Å². The van der Waals surface area contributed by atoms with Crippen LogP contribution in [0, 0.1) is 0 Å². The van der Waals surface area contributed by atoms with Crippen molar-refractivity contribution in [2.75, 3.05) is 6.54 Å². The van der Waals surface area contributed by atoms with Gasteiger partial charge in [0.2, 0.25) is 0 Å². The molecule has 6 nitrogen and oxygen atoms in total. The smallest absolute Gasteiger partial charge is 0.315 e. The molecule has 23 heavy (non-hydrogen) atoms. The molecule has 0 spiro atoms. The minimum Gasteiger partial charge on any atom is -0.338 e. The van der Waals surface area contributed by atoms with Crippen molar-refractivity contribution in [3.63, 3.8) is 0 Å². The van der Waals surface area contributed by atoms with E-state index in [2.05, 4.69) is 45.1 Å². The number of aromatic nitrogens is 3. The molecule has 1 aliphatic rings. The Balaban J connectivity index is 1.50. The van der Waals surface area contributed by atoms with Gasteiger partial charge < -0.3 is 15.2 Å². The zero-order valence-corrected chi connectivity index (χ0v) is 13.5. The standard InChI is InChI=1S/C17H23N5O/c1-2-22-12-20-21-16(22)11-19-17(23)18-10-14-8-5-7-13-6-3-4-9-15(13)14/h3-4,6,9,12,14H,2,5,7-8,10-11H2,1H3,(H2,18,19,23)/t14-/m1/s1. The van der Waals surface area contributed by atoms with E-state index in [0.717, 1.165) is 25.2 Å². The molecule has 0 fully saturated rings. The van der Waals surface area contributed by atoms with Crippen LogP contribution in [0.1, 0.15) is 42.6 Å². The molecule has 0 bridgehead atoms. The van der Waals surface area contributed by atoms with Gasteiger partial charge in [0.25, 0.3) is 0 Å². The second-order valence-electron chi connectivity index (χ2n) is 5.88. The van der Waals surface area contributed by atoms with Crippen molar-refractivity contribution in [2.24, 2.45) is 0 Å². The monoisotopic (exact) mass is 313 g/mol. The Labute approximate surface area is 136 Å². The number of hydrogen-bond acceptors (Lipinski definition) is 3. The maximum absolute atomic E-state index is 12.0. The summed E-state index contributed by atoms with van der Waals surface area (Å²) in [5, 5.41) is 13.7. The maximum Gasteiger partial charge on any atom is 0.315 e. The molecule has 0 saturated heterocycles. The number of fused-ring (bicyclic) bond motifs is 1. The second kappa shape index (κ2) is 7.26. The highest BCUT2D eigenvalue weighted by Crippen LogP contribution is 2.30. The normalized spacial score (nSPS) is 16.7. The number of carbonyl (C=O) groups excluding carboxylic acids is 1. The Morgan fingerprint density at radius 3 is 3.09 bits per heavy atom. The fraction of sp³-hybridized carbons (Fsp3) is 0.471. The lowest BCUT2D eigenvalue weighted by Gasteiger charge is -2.25. The SMILES string of the molecule is CCn1cnnc1CNC(=O)NC[C@H]1CCCc2ccccc21. The predicted molar refractivity (Wildman–Crippen MR) is 88.1 cm³/mol. The molecule has 2 N–H and O–H groups in total.